The SMILES string of the molecule is CSc1ccccc1NC(=O)Nc1ccc(N)cc1. The highest BCUT2D eigenvalue weighted by Crippen LogP contribution is 2.24. The number of hydrogen-bond acceptors (Lipinski definition) is 3. The van der Waals surface area contributed by atoms with Crippen molar-refractivity contribution in [2.45, 2.75) is 4.90 Å². The lowest BCUT2D eigenvalue weighted by molar-refractivity contribution is 0.262. The second-order valence-corrected chi connectivity index (χ2v) is 4.75. The lowest BCUT2D eigenvalue weighted by Crippen LogP contribution is -2.19. The fourth-order valence-electron chi connectivity index (χ4n) is 1.60. The molecule has 0 heterocycles. The van der Waals surface area contributed by atoms with Gasteiger partial charge in [-0.25, -0.2) is 4.79 Å². The Kier molecular flexibility index (Phi) is 4.30. The molecule has 0 aliphatic carbocycles. The van der Waals surface area contributed by atoms with Crippen molar-refractivity contribution in [3.63, 3.8) is 0 Å². The van der Waals surface area contributed by atoms with Crippen molar-refractivity contribution in [1.82, 2.24) is 0 Å². The van der Waals surface area contributed by atoms with Crippen molar-refractivity contribution < 1.29 is 4.79 Å². The van der Waals surface area contributed by atoms with E-state index in [1.165, 1.54) is 0 Å². The van der Waals surface area contributed by atoms with Gasteiger partial charge in [0.1, 0.15) is 0 Å². The normalized spacial score (nSPS) is 9.95. The van der Waals surface area contributed by atoms with Crippen LogP contribution in [-0.2, 0) is 0 Å². The van der Waals surface area contributed by atoms with Gasteiger partial charge in [-0.05, 0) is 42.7 Å². The van der Waals surface area contributed by atoms with Gasteiger partial charge in [0.15, 0.2) is 0 Å². The van der Waals surface area contributed by atoms with E-state index in [-0.39, 0.29) is 6.03 Å². The molecule has 0 aliphatic rings. The molecule has 98 valence electrons. The van der Waals surface area contributed by atoms with E-state index < -0.39 is 0 Å². The molecular weight excluding hydrogens is 258 g/mol. The Morgan fingerprint density at radius 1 is 1.05 bits per heavy atom. The maximum Gasteiger partial charge on any atom is 0.323 e. The fourth-order valence-corrected chi connectivity index (χ4v) is 2.15. The summed E-state index contributed by atoms with van der Waals surface area (Å²) in [6.07, 6.45) is 1.97. The van der Waals surface area contributed by atoms with Crippen LogP contribution in [0.4, 0.5) is 21.9 Å². The van der Waals surface area contributed by atoms with Gasteiger partial charge in [0.2, 0.25) is 0 Å². The predicted molar refractivity (Wildman–Crippen MR) is 81.7 cm³/mol. The third-order valence-corrected chi connectivity index (χ3v) is 3.32. The first-order chi connectivity index (χ1) is 9.19. The summed E-state index contributed by atoms with van der Waals surface area (Å²) < 4.78 is 0. The van der Waals surface area contributed by atoms with Gasteiger partial charge in [0.05, 0.1) is 5.69 Å². The van der Waals surface area contributed by atoms with E-state index in [2.05, 4.69) is 10.6 Å². The number of carbonyl (C=O) groups excluding carboxylic acids is 1. The highest BCUT2D eigenvalue weighted by molar-refractivity contribution is 7.98. The van der Waals surface area contributed by atoms with E-state index in [0.717, 1.165) is 10.6 Å². The number of nitrogens with two attached hydrogens (primary N) is 1. The molecule has 2 aromatic carbocycles. The molecule has 4 nitrogen and oxygen atoms in total. The lowest BCUT2D eigenvalue weighted by Gasteiger charge is -2.10. The highest BCUT2D eigenvalue weighted by Gasteiger charge is 2.05. The second-order valence-electron chi connectivity index (χ2n) is 3.90. The number of urea groups is 1. The third kappa shape index (κ3) is 3.66. The number of rotatable bonds is 3. The number of thioether (sulfide) groups is 1. The monoisotopic (exact) mass is 273 g/mol. The number of carbonyl (C=O) groups is 1. The summed E-state index contributed by atoms with van der Waals surface area (Å²) >= 11 is 1.59. The number of para-hydroxylation sites is 1. The minimum atomic E-state index is -0.272. The average Bonchev–Trinajstić information content (AvgIpc) is 2.42. The van der Waals surface area contributed by atoms with Crippen LogP contribution < -0.4 is 16.4 Å². The molecule has 0 radical (unpaired) electrons. The molecule has 0 aromatic heterocycles. The summed E-state index contributed by atoms with van der Waals surface area (Å²) in [6.45, 7) is 0. The van der Waals surface area contributed by atoms with Crippen molar-refractivity contribution in [3.05, 3.63) is 48.5 Å². The van der Waals surface area contributed by atoms with Gasteiger partial charge in [-0.15, -0.1) is 11.8 Å². The summed E-state index contributed by atoms with van der Waals surface area (Å²) in [5, 5.41) is 5.58. The number of benzene rings is 2. The minimum absolute atomic E-state index is 0.272. The lowest BCUT2D eigenvalue weighted by atomic mass is 10.3. The molecule has 2 rings (SSSR count). The fraction of sp³-hybridized carbons (Fsp3) is 0.0714. The average molecular weight is 273 g/mol. The predicted octanol–water partition coefficient (Wildman–Crippen LogP) is 3.63. The molecule has 5 heteroatoms. The summed E-state index contributed by atoms with van der Waals surface area (Å²) in [7, 11) is 0. The van der Waals surface area contributed by atoms with Gasteiger partial charge in [-0.2, -0.15) is 0 Å². The number of nitrogen functional groups attached to an aromatic ring is 1. The van der Waals surface area contributed by atoms with E-state index in [0.29, 0.717) is 11.4 Å². The largest absolute Gasteiger partial charge is 0.399 e. The zero-order valence-corrected chi connectivity index (χ0v) is 11.3. The van der Waals surface area contributed by atoms with Crippen molar-refractivity contribution in [2.75, 3.05) is 22.6 Å². The van der Waals surface area contributed by atoms with Crippen LogP contribution in [0.3, 0.4) is 0 Å². The number of hydrogen-bond donors (Lipinski definition) is 3. The van der Waals surface area contributed by atoms with Crippen LogP contribution in [-0.4, -0.2) is 12.3 Å². The molecule has 0 fully saturated rings. The Labute approximate surface area is 116 Å². The smallest absolute Gasteiger partial charge is 0.323 e. The molecule has 0 unspecified atom stereocenters. The second kappa shape index (κ2) is 6.15. The van der Waals surface area contributed by atoms with Crippen LogP contribution >= 0.6 is 11.8 Å². The molecule has 0 spiro atoms. The van der Waals surface area contributed by atoms with E-state index in [9.17, 15) is 4.79 Å². The molecule has 19 heavy (non-hydrogen) atoms. The first-order valence-corrected chi connectivity index (χ1v) is 6.98. The zero-order chi connectivity index (χ0) is 13.7. The standard InChI is InChI=1S/C14H15N3OS/c1-19-13-5-3-2-4-12(13)17-14(18)16-11-8-6-10(15)7-9-11/h2-9H,15H2,1H3,(H2,16,17,18). The molecule has 2 amide bonds. The minimum Gasteiger partial charge on any atom is -0.399 e. The van der Waals surface area contributed by atoms with Crippen LogP contribution in [0.1, 0.15) is 0 Å². The van der Waals surface area contributed by atoms with E-state index in [4.69, 9.17) is 5.73 Å². The molecular formula is C14H15N3OS. The number of amides is 2. The summed E-state index contributed by atoms with van der Waals surface area (Å²) in [5.41, 5.74) is 7.75. The number of anilines is 3. The molecule has 0 saturated heterocycles. The van der Waals surface area contributed by atoms with Crippen LogP contribution in [0.5, 0.6) is 0 Å². The molecule has 2 aromatic rings. The summed E-state index contributed by atoms with van der Waals surface area (Å²) in [4.78, 5) is 12.9. The molecule has 0 atom stereocenters. The maximum absolute atomic E-state index is 11.9. The van der Waals surface area contributed by atoms with Crippen LogP contribution in [0.25, 0.3) is 0 Å². The Bertz CT molecular complexity index is 569. The van der Waals surface area contributed by atoms with Gasteiger partial charge < -0.3 is 16.4 Å². The van der Waals surface area contributed by atoms with E-state index >= 15 is 0 Å². The maximum atomic E-state index is 11.9. The van der Waals surface area contributed by atoms with E-state index in [1.807, 2.05) is 30.5 Å². The Balaban J connectivity index is 2.03. The van der Waals surface area contributed by atoms with Crippen molar-refractivity contribution >= 4 is 34.9 Å². The molecule has 0 bridgehead atoms. The quantitative estimate of drug-likeness (QED) is 0.591. The van der Waals surface area contributed by atoms with Gasteiger partial charge in [-0.1, -0.05) is 12.1 Å². The first-order valence-electron chi connectivity index (χ1n) is 5.75. The van der Waals surface area contributed by atoms with Gasteiger partial charge in [0, 0.05) is 16.3 Å². The summed E-state index contributed by atoms with van der Waals surface area (Å²) in [5.74, 6) is 0. The topological polar surface area (TPSA) is 67.2 Å². The van der Waals surface area contributed by atoms with Crippen LogP contribution in [0.15, 0.2) is 53.4 Å². The van der Waals surface area contributed by atoms with Crippen LogP contribution in [0, 0.1) is 0 Å². The van der Waals surface area contributed by atoms with Gasteiger partial charge in [0.25, 0.3) is 0 Å². The Morgan fingerprint density at radius 3 is 2.42 bits per heavy atom. The van der Waals surface area contributed by atoms with Gasteiger partial charge >= 0.3 is 6.03 Å². The Hall–Kier alpha value is -2.14. The zero-order valence-electron chi connectivity index (χ0n) is 10.5. The summed E-state index contributed by atoms with van der Waals surface area (Å²) in [6, 6.07) is 14.4. The van der Waals surface area contributed by atoms with Crippen molar-refractivity contribution in [2.24, 2.45) is 0 Å². The molecule has 0 aliphatic heterocycles. The van der Waals surface area contributed by atoms with E-state index in [1.54, 1.807) is 36.0 Å². The number of nitrogens with one attached hydrogen (secondary N) is 2. The Morgan fingerprint density at radius 2 is 1.74 bits per heavy atom. The molecule has 4 N–H and O–H groups in total. The highest BCUT2D eigenvalue weighted by atomic mass is 32.2. The first kappa shape index (κ1) is 13.3. The van der Waals surface area contributed by atoms with Crippen LogP contribution in [0.2, 0.25) is 0 Å². The van der Waals surface area contributed by atoms with Gasteiger partial charge in [-0.3, -0.25) is 0 Å². The molecule has 0 saturated carbocycles. The third-order valence-electron chi connectivity index (χ3n) is 2.52. The van der Waals surface area contributed by atoms with Crippen molar-refractivity contribution in [1.29, 1.82) is 0 Å². The van der Waals surface area contributed by atoms with Crippen molar-refractivity contribution in [3.8, 4) is 0 Å².